The number of carbonyl (C=O) groups is 2. The van der Waals surface area contributed by atoms with Crippen molar-refractivity contribution in [1.29, 1.82) is 0 Å². The fourth-order valence-corrected chi connectivity index (χ4v) is 2.91. The van der Waals surface area contributed by atoms with E-state index in [4.69, 9.17) is 0 Å². The molecule has 7 heteroatoms. The molecule has 3 heterocycles. The molecule has 22 heavy (non-hydrogen) atoms. The quantitative estimate of drug-likeness (QED) is 0.821. The van der Waals surface area contributed by atoms with Gasteiger partial charge in [0, 0.05) is 32.4 Å². The highest BCUT2D eigenvalue weighted by Crippen LogP contribution is 2.18. The minimum absolute atomic E-state index is 0.159. The van der Waals surface area contributed by atoms with E-state index < -0.39 is 5.54 Å². The van der Waals surface area contributed by atoms with Gasteiger partial charge in [0.2, 0.25) is 0 Å². The number of fused-ring (bicyclic) bond motifs is 1. The molecular formula is C15H21N5O2. The summed E-state index contributed by atoms with van der Waals surface area (Å²) in [6.45, 7) is 8.05. The Bertz CT molecular complexity index is 628. The van der Waals surface area contributed by atoms with E-state index >= 15 is 0 Å². The van der Waals surface area contributed by atoms with E-state index in [0.29, 0.717) is 13.1 Å². The van der Waals surface area contributed by atoms with Gasteiger partial charge in [-0.1, -0.05) is 0 Å². The third-order valence-corrected chi connectivity index (χ3v) is 4.23. The van der Waals surface area contributed by atoms with Gasteiger partial charge in [0.25, 0.3) is 5.91 Å². The van der Waals surface area contributed by atoms with Gasteiger partial charge in [0.1, 0.15) is 11.4 Å². The number of rotatable bonds is 3. The zero-order valence-corrected chi connectivity index (χ0v) is 13.2. The van der Waals surface area contributed by atoms with Gasteiger partial charge < -0.3 is 5.32 Å². The summed E-state index contributed by atoms with van der Waals surface area (Å²) in [5, 5.41) is 2.70. The molecule has 3 rings (SSSR count). The van der Waals surface area contributed by atoms with E-state index in [1.807, 2.05) is 13.1 Å². The number of imide groups is 1. The van der Waals surface area contributed by atoms with Crippen molar-refractivity contribution >= 4 is 11.9 Å². The normalized spacial score (nSPS) is 21.0. The molecule has 0 aliphatic carbocycles. The largest absolute Gasteiger partial charge is 0.325 e. The summed E-state index contributed by atoms with van der Waals surface area (Å²) in [5.41, 5.74) is 1.45. The second-order valence-corrected chi connectivity index (χ2v) is 6.43. The molecule has 1 N–H and O–H groups in total. The van der Waals surface area contributed by atoms with Crippen LogP contribution in [0.25, 0.3) is 0 Å². The lowest BCUT2D eigenvalue weighted by Gasteiger charge is -2.29. The molecule has 1 fully saturated rings. The molecule has 0 aromatic carbocycles. The van der Waals surface area contributed by atoms with Gasteiger partial charge in [-0.3, -0.25) is 14.6 Å². The van der Waals surface area contributed by atoms with Gasteiger partial charge in [-0.25, -0.2) is 14.8 Å². The van der Waals surface area contributed by atoms with Gasteiger partial charge >= 0.3 is 6.03 Å². The Morgan fingerprint density at radius 2 is 2.09 bits per heavy atom. The maximum atomic E-state index is 12.2. The minimum atomic E-state index is -0.796. The second kappa shape index (κ2) is 5.31. The molecule has 1 aromatic rings. The molecule has 0 bridgehead atoms. The lowest BCUT2D eigenvalue weighted by Crippen LogP contribution is -2.42. The van der Waals surface area contributed by atoms with Crippen molar-refractivity contribution < 1.29 is 9.59 Å². The molecule has 2 aliphatic rings. The third-order valence-electron chi connectivity index (χ3n) is 4.23. The lowest BCUT2D eigenvalue weighted by molar-refractivity contribution is -0.130. The van der Waals surface area contributed by atoms with Crippen LogP contribution >= 0.6 is 0 Å². The third kappa shape index (κ3) is 2.68. The first-order valence-electron chi connectivity index (χ1n) is 7.55. The van der Waals surface area contributed by atoms with Crippen molar-refractivity contribution in [2.75, 3.05) is 19.6 Å². The molecule has 7 nitrogen and oxygen atoms in total. The number of nitrogens with one attached hydrogen (secondary N) is 1. The van der Waals surface area contributed by atoms with E-state index in [2.05, 4.69) is 20.2 Å². The van der Waals surface area contributed by atoms with Crippen LogP contribution in [0.2, 0.25) is 0 Å². The monoisotopic (exact) mass is 303 g/mol. The number of nitrogens with zero attached hydrogens (tertiary/aromatic N) is 4. The molecular weight excluding hydrogens is 282 g/mol. The van der Waals surface area contributed by atoms with Gasteiger partial charge in [-0.05, 0) is 32.8 Å². The van der Waals surface area contributed by atoms with E-state index in [9.17, 15) is 9.59 Å². The van der Waals surface area contributed by atoms with Crippen LogP contribution in [0.15, 0.2) is 6.20 Å². The number of hydrogen-bond acceptors (Lipinski definition) is 5. The van der Waals surface area contributed by atoms with Gasteiger partial charge in [0.15, 0.2) is 0 Å². The highest BCUT2D eigenvalue weighted by Gasteiger charge is 2.44. The number of aromatic nitrogens is 2. The van der Waals surface area contributed by atoms with Crippen molar-refractivity contribution in [3.05, 3.63) is 23.3 Å². The summed E-state index contributed by atoms with van der Waals surface area (Å²) < 4.78 is 0. The van der Waals surface area contributed by atoms with Crippen LogP contribution in [0.1, 0.15) is 30.9 Å². The average Bonchev–Trinajstić information content (AvgIpc) is 2.65. The van der Waals surface area contributed by atoms with Crippen LogP contribution in [0.3, 0.4) is 0 Å². The highest BCUT2D eigenvalue weighted by molar-refractivity contribution is 6.06. The van der Waals surface area contributed by atoms with Gasteiger partial charge in [-0.2, -0.15) is 0 Å². The molecule has 118 valence electrons. The summed E-state index contributed by atoms with van der Waals surface area (Å²) in [6, 6.07) is -0.300. The molecule has 1 aromatic heterocycles. The molecule has 0 spiro atoms. The minimum Gasteiger partial charge on any atom is -0.324 e. The first-order valence-corrected chi connectivity index (χ1v) is 7.55. The van der Waals surface area contributed by atoms with Crippen LogP contribution < -0.4 is 5.32 Å². The predicted octanol–water partition coefficient (Wildman–Crippen LogP) is 0.474. The zero-order chi connectivity index (χ0) is 15.9. The Labute approximate surface area is 129 Å². The maximum Gasteiger partial charge on any atom is 0.325 e. The molecule has 0 unspecified atom stereocenters. The predicted molar refractivity (Wildman–Crippen MR) is 80.1 cm³/mol. The molecule has 3 amide bonds. The molecule has 0 saturated carbocycles. The Morgan fingerprint density at radius 1 is 1.32 bits per heavy atom. The number of carbonyl (C=O) groups excluding carboxylic acids is 2. The average molecular weight is 303 g/mol. The Kier molecular flexibility index (Phi) is 3.60. The highest BCUT2D eigenvalue weighted by atomic mass is 16.2. The Morgan fingerprint density at radius 3 is 2.77 bits per heavy atom. The number of amides is 3. The van der Waals surface area contributed by atoms with E-state index in [-0.39, 0.29) is 11.9 Å². The van der Waals surface area contributed by atoms with Crippen LogP contribution in [0, 0.1) is 6.92 Å². The van der Waals surface area contributed by atoms with Crippen molar-refractivity contribution in [1.82, 2.24) is 25.1 Å². The zero-order valence-electron chi connectivity index (χ0n) is 13.2. The van der Waals surface area contributed by atoms with Crippen LogP contribution in [0.4, 0.5) is 4.79 Å². The van der Waals surface area contributed by atoms with E-state index in [1.54, 1.807) is 13.8 Å². The molecule has 1 saturated heterocycles. The SMILES string of the molecule is Cc1ncc2c(n1)CN(CCN1C(=O)NC(C)(C)C1=O)CC2. The fraction of sp³-hybridized carbons (Fsp3) is 0.600. The van der Waals surface area contributed by atoms with E-state index in [1.165, 1.54) is 10.5 Å². The van der Waals surface area contributed by atoms with Gasteiger partial charge in [-0.15, -0.1) is 0 Å². The molecule has 2 aliphatic heterocycles. The smallest absolute Gasteiger partial charge is 0.324 e. The summed E-state index contributed by atoms with van der Waals surface area (Å²) in [4.78, 5) is 36.3. The second-order valence-electron chi connectivity index (χ2n) is 6.43. The first-order chi connectivity index (χ1) is 10.4. The van der Waals surface area contributed by atoms with Crippen molar-refractivity contribution in [3.8, 4) is 0 Å². The fourth-order valence-electron chi connectivity index (χ4n) is 2.91. The van der Waals surface area contributed by atoms with E-state index in [0.717, 1.165) is 31.0 Å². The summed E-state index contributed by atoms with van der Waals surface area (Å²) in [7, 11) is 0. The number of urea groups is 1. The Hall–Kier alpha value is -2.02. The standard InChI is InChI=1S/C15H21N5O2/c1-10-16-8-11-4-5-19(9-12(11)17-10)6-7-20-13(21)15(2,3)18-14(20)22/h8H,4-7,9H2,1-3H3,(H,18,22). The van der Waals surface area contributed by atoms with Crippen LogP contribution in [0.5, 0.6) is 0 Å². The topological polar surface area (TPSA) is 78.4 Å². The summed E-state index contributed by atoms with van der Waals surface area (Å²) in [5.74, 6) is 0.615. The van der Waals surface area contributed by atoms with Gasteiger partial charge in [0.05, 0.1) is 5.69 Å². The number of aryl methyl sites for hydroxylation is 1. The van der Waals surface area contributed by atoms with Crippen LogP contribution in [-0.2, 0) is 17.8 Å². The van der Waals surface area contributed by atoms with Crippen molar-refractivity contribution in [3.63, 3.8) is 0 Å². The maximum absolute atomic E-state index is 12.2. The summed E-state index contributed by atoms with van der Waals surface area (Å²) >= 11 is 0. The summed E-state index contributed by atoms with van der Waals surface area (Å²) in [6.07, 6.45) is 2.80. The number of hydrogen-bond donors (Lipinski definition) is 1. The van der Waals surface area contributed by atoms with Crippen molar-refractivity contribution in [2.45, 2.75) is 39.3 Å². The Balaban J connectivity index is 1.62. The van der Waals surface area contributed by atoms with Crippen LogP contribution in [-0.4, -0.2) is 56.9 Å². The molecule has 0 atom stereocenters. The first kappa shape index (κ1) is 14.9. The molecule has 0 radical (unpaired) electrons. The van der Waals surface area contributed by atoms with Crippen molar-refractivity contribution in [2.24, 2.45) is 0 Å². The lowest BCUT2D eigenvalue weighted by atomic mass is 10.1.